The van der Waals surface area contributed by atoms with Gasteiger partial charge < -0.3 is 10.0 Å². The van der Waals surface area contributed by atoms with Gasteiger partial charge in [-0.05, 0) is 42.8 Å². The van der Waals surface area contributed by atoms with Crippen LogP contribution in [0.25, 0.3) is 10.9 Å². The average molecular weight is 383 g/mol. The van der Waals surface area contributed by atoms with E-state index in [0.717, 1.165) is 17.7 Å². The maximum Gasteiger partial charge on any atom is 0.244 e. The monoisotopic (exact) mass is 383 g/mol. The summed E-state index contributed by atoms with van der Waals surface area (Å²) in [6, 6.07) is 11.1. The molecular weight excluding hydrogens is 362 g/mol. The SMILES string of the molecule is O=C(Cn1ncc(=O)c2ccccc21)N1CCCC1CC(O)c1cccs1. The number of fused-ring (bicyclic) bond motifs is 1. The molecule has 0 saturated carbocycles. The van der Waals surface area contributed by atoms with Gasteiger partial charge in [-0.1, -0.05) is 18.2 Å². The number of likely N-dealkylation sites (tertiary alicyclic amines) is 1. The van der Waals surface area contributed by atoms with Crippen molar-refractivity contribution in [2.24, 2.45) is 0 Å². The topological polar surface area (TPSA) is 75.4 Å². The van der Waals surface area contributed by atoms with E-state index in [2.05, 4.69) is 5.10 Å². The summed E-state index contributed by atoms with van der Waals surface area (Å²) in [5.74, 6) is -0.0304. The summed E-state index contributed by atoms with van der Waals surface area (Å²) in [4.78, 5) is 27.7. The van der Waals surface area contributed by atoms with E-state index < -0.39 is 6.10 Å². The molecule has 0 radical (unpaired) electrons. The first kappa shape index (κ1) is 17.9. The molecule has 3 aromatic rings. The zero-order valence-electron chi connectivity index (χ0n) is 14.8. The molecule has 1 saturated heterocycles. The summed E-state index contributed by atoms with van der Waals surface area (Å²) in [6.07, 6.45) is 3.09. The third-order valence-electron chi connectivity index (χ3n) is 5.11. The van der Waals surface area contributed by atoms with Gasteiger partial charge in [0.1, 0.15) is 6.54 Å². The van der Waals surface area contributed by atoms with Crippen LogP contribution >= 0.6 is 11.3 Å². The van der Waals surface area contributed by atoms with Crippen molar-refractivity contribution in [2.75, 3.05) is 6.54 Å². The zero-order chi connectivity index (χ0) is 18.8. The lowest BCUT2D eigenvalue weighted by Gasteiger charge is -2.26. The largest absolute Gasteiger partial charge is 0.387 e. The normalized spacial score (nSPS) is 18.1. The van der Waals surface area contributed by atoms with E-state index in [0.29, 0.717) is 23.9 Å². The second kappa shape index (κ2) is 7.62. The summed E-state index contributed by atoms with van der Waals surface area (Å²) >= 11 is 1.53. The summed E-state index contributed by atoms with van der Waals surface area (Å²) < 4.78 is 1.59. The fraction of sp³-hybridized carbons (Fsp3) is 0.350. The van der Waals surface area contributed by atoms with Crippen LogP contribution in [0.2, 0.25) is 0 Å². The van der Waals surface area contributed by atoms with Crippen molar-refractivity contribution < 1.29 is 9.90 Å². The molecule has 0 aliphatic carbocycles. The zero-order valence-corrected chi connectivity index (χ0v) is 15.6. The fourth-order valence-electron chi connectivity index (χ4n) is 3.77. The van der Waals surface area contributed by atoms with Crippen LogP contribution in [-0.4, -0.2) is 38.3 Å². The molecule has 1 aromatic carbocycles. The van der Waals surface area contributed by atoms with Gasteiger partial charge in [0, 0.05) is 22.8 Å². The summed E-state index contributed by atoms with van der Waals surface area (Å²) in [5, 5.41) is 17.1. The summed E-state index contributed by atoms with van der Waals surface area (Å²) in [5.41, 5.74) is 0.514. The van der Waals surface area contributed by atoms with Crippen LogP contribution < -0.4 is 5.43 Å². The number of aromatic nitrogens is 2. The highest BCUT2D eigenvalue weighted by atomic mass is 32.1. The number of aliphatic hydroxyl groups excluding tert-OH is 1. The van der Waals surface area contributed by atoms with Gasteiger partial charge >= 0.3 is 0 Å². The Hall–Kier alpha value is -2.51. The Morgan fingerprint density at radius 2 is 2.15 bits per heavy atom. The molecule has 3 heterocycles. The molecule has 1 fully saturated rings. The minimum Gasteiger partial charge on any atom is -0.387 e. The highest BCUT2D eigenvalue weighted by Gasteiger charge is 2.31. The van der Waals surface area contributed by atoms with E-state index in [9.17, 15) is 14.7 Å². The Morgan fingerprint density at radius 1 is 1.30 bits per heavy atom. The molecule has 0 bridgehead atoms. The van der Waals surface area contributed by atoms with E-state index in [4.69, 9.17) is 0 Å². The number of carbonyl (C=O) groups is 1. The van der Waals surface area contributed by atoms with Gasteiger partial charge in [0.05, 0.1) is 17.8 Å². The van der Waals surface area contributed by atoms with Crippen molar-refractivity contribution in [3.05, 3.63) is 63.1 Å². The van der Waals surface area contributed by atoms with Crippen molar-refractivity contribution in [2.45, 2.75) is 38.0 Å². The van der Waals surface area contributed by atoms with Crippen molar-refractivity contribution in [3.8, 4) is 0 Å². The number of rotatable bonds is 5. The van der Waals surface area contributed by atoms with Gasteiger partial charge in [-0.15, -0.1) is 11.3 Å². The molecule has 1 amide bonds. The van der Waals surface area contributed by atoms with Gasteiger partial charge in [0.15, 0.2) is 0 Å². The number of carbonyl (C=O) groups excluding carboxylic acids is 1. The van der Waals surface area contributed by atoms with Crippen LogP contribution in [0.3, 0.4) is 0 Å². The van der Waals surface area contributed by atoms with Crippen molar-refractivity contribution >= 4 is 28.1 Å². The van der Waals surface area contributed by atoms with Crippen LogP contribution in [0.15, 0.2) is 52.8 Å². The maximum absolute atomic E-state index is 12.9. The molecule has 4 rings (SSSR count). The van der Waals surface area contributed by atoms with Gasteiger partial charge in [0.2, 0.25) is 11.3 Å². The molecule has 2 atom stereocenters. The van der Waals surface area contributed by atoms with Crippen LogP contribution in [0.1, 0.15) is 30.2 Å². The highest BCUT2D eigenvalue weighted by molar-refractivity contribution is 7.10. The Bertz CT molecular complexity index is 999. The number of thiophene rings is 1. The van der Waals surface area contributed by atoms with Crippen LogP contribution in [-0.2, 0) is 11.3 Å². The van der Waals surface area contributed by atoms with Gasteiger partial charge in [-0.3, -0.25) is 14.3 Å². The molecule has 1 aliphatic heterocycles. The molecule has 140 valence electrons. The summed E-state index contributed by atoms with van der Waals surface area (Å²) in [6.45, 7) is 0.783. The second-order valence-electron chi connectivity index (χ2n) is 6.83. The minimum absolute atomic E-state index is 0.0280. The minimum atomic E-state index is -0.547. The van der Waals surface area contributed by atoms with Gasteiger partial charge in [-0.2, -0.15) is 5.10 Å². The maximum atomic E-state index is 12.9. The molecule has 2 aromatic heterocycles. The van der Waals surface area contributed by atoms with E-state index >= 15 is 0 Å². The Kier molecular flexibility index (Phi) is 5.05. The molecule has 2 unspecified atom stereocenters. The molecule has 1 aliphatic rings. The van der Waals surface area contributed by atoms with Crippen molar-refractivity contribution in [3.63, 3.8) is 0 Å². The van der Waals surface area contributed by atoms with Crippen LogP contribution in [0.5, 0.6) is 0 Å². The number of nitrogens with zero attached hydrogens (tertiary/aromatic N) is 3. The fourth-order valence-corrected chi connectivity index (χ4v) is 4.49. The highest BCUT2D eigenvalue weighted by Crippen LogP contribution is 2.29. The first-order valence-electron chi connectivity index (χ1n) is 9.09. The summed E-state index contributed by atoms with van der Waals surface area (Å²) in [7, 11) is 0. The van der Waals surface area contributed by atoms with Crippen molar-refractivity contribution in [1.82, 2.24) is 14.7 Å². The third kappa shape index (κ3) is 3.65. The first-order valence-corrected chi connectivity index (χ1v) is 9.97. The Labute approximate surface area is 160 Å². The molecule has 1 N–H and O–H groups in total. The van der Waals surface area contributed by atoms with E-state index in [1.807, 2.05) is 28.5 Å². The third-order valence-corrected chi connectivity index (χ3v) is 6.08. The number of hydrogen-bond acceptors (Lipinski definition) is 5. The average Bonchev–Trinajstić information content (AvgIpc) is 3.36. The molecule has 7 heteroatoms. The number of benzene rings is 1. The smallest absolute Gasteiger partial charge is 0.244 e. The van der Waals surface area contributed by atoms with Crippen molar-refractivity contribution in [1.29, 1.82) is 0 Å². The lowest BCUT2D eigenvalue weighted by atomic mass is 10.1. The van der Waals surface area contributed by atoms with E-state index in [-0.39, 0.29) is 23.9 Å². The predicted molar refractivity (Wildman–Crippen MR) is 105 cm³/mol. The molecular formula is C20H21N3O3S. The Balaban J connectivity index is 1.51. The number of hydrogen-bond donors (Lipinski definition) is 1. The number of amides is 1. The van der Waals surface area contributed by atoms with Crippen LogP contribution in [0.4, 0.5) is 0 Å². The molecule has 6 nitrogen and oxygen atoms in total. The van der Waals surface area contributed by atoms with E-state index in [1.165, 1.54) is 17.5 Å². The number of para-hydroxylation sites is 1. The van der Waals surface area contributed by atoms with Gasteiger partial charge in [0.25, 0.3) is 0 Å². The first-order chi connectivity index (χ1) is 13.1. The standard InChI is InChI=1S/C20H21N3O3S/c24-17(19-8-4-10-27-19)11-14-5-3-9-22(14)20(26)13-23-16-7-2-1-6-15(16)18(25)12-21-23/h1-2,4,6-8,10,12,14,17,24H,3,5,9,11,13H2. The Morgan fingerprint density at radius 3 is 2.96 bits per heavy atom. The number of aliphatic hydroxyl groups is 1. The second-order valence-corrected chi connectivity index (χ2v) is 7.81. The lowest BCUT2D eigenvalue weighted by molar-refractivity contribution is -0.133. The van der Waals surface area contributed by atoms with Crippen LogP contribution in [0, 0.1) is 0 Å². The quantitative estimate of drug-likeness (QED) is 0.735. The molecule has 27 heavy (non-hydrogen) atoms. The lowest BCUT2D eigenvalue weighted by Crippen LogP contribution is -2.39. The molecule has 0 spiro atoms. The van der Waals surface area contributed by atoms with E-state index in [1.54, 1.807) is 22.9 Å². The van der Waals surface area contributed by atoms with Gasteiger partial charge in [-0.25, -0.2) is 0 Å². The predicted octanol–water partition coefficient (Wildman–Crippen LogP) is 2.57.